The summed E-state index contributed by atoms with van der Waals surface area (Å²) < 4.78 is 5.66. The Bertz CT molecular complexity index is 194. The summed E-state index contributed by atoms with van der Waals surface area (Å²) in [6.07, 6.45) is 5.01. The number of ether oxygens (including phenoxy) is 1. The number of nitrogens with zero attached hydrogens (tertiary/aromatic N) is 2. The van der Waals surface area contributed by atoms with Gasteiger partial charge in [0.15, 0.2) is 0 Å². The van der Waals surface area contributed by atoms with Crippen molar-refractivity contribution in [1.82, 2.24) is 9.80 Å². The average Bonchev–Trinajstić information content (AvgIpc) is 2.74. The van der Waals surface area contributed by atoms with E-state index >= 15 is 0 Å². The van der Waals surface area contributed by atoms with Crippen molar-refractivity contribution in [3.05, 3.63) is 12.7 Å². The van der Waals surface area contributed by atoms with Crippen LogP contribution in [0.15, 0.2) is 12.7 Å². The molecule has 2 heterocycles. The molecular weight excluding hydrogens is 188 g/mol. The maximum absolute atomic E-state index is 5.66. The van der Waals surface area contributed by atoms with Crippen LogP contribution in [0.5, 0.6) is 0 Å². The quantitative estimate of drug-likeness (QED) is 0.643. The van der Waals surface area contributed by atoms with E-state index in [2.05, 4.69) is 16.4 Å². The average molecular weight is 210 g/mol. The van der Waals surface area contributed by atoms with Gasteiger partial charge < -0.3 is 4.74 Å². The maximum Gasteiger partial charge on any atom is 0.0702 e. The molecule has 1 unspecified atom stereocenters. The van der Waals surface area contributed by atoms with Crippen LogP contribution < -0.4 is 0 Å². The van der Waals surface area contributed by atoms with Crippen LogP contribution in [-0.2, 0) is 4.74 Å². The molecule has 86 valence electrons. The van der Waals surface area contributed by atoms with Crippen LogP contribution in [0.2, 0.25) is 0 Å². The van der Waals surface area contributed by atoms with E-state index in [4.69, 9.17) is 4.74 Å². The van der Waals surface area contributed by atoms with Crippen molar-refractivity contribution in [2.45, 2.75) is 18.9 Å². The molecule has 2 fully saturated rings. The van der Waals surface area contributed by atoms with Gasteiger partial charge in [0.2, 0.25) is 0 Å². The van der Waals surface area contributed by atoms with Gasteiger partial charge in [0.05, 0.1) is 6.10 Å². The van der Waals surface area contributed by atoms with Gasteiger partial charge in [-0.25, -0.2) is 0 Å². The first-order chi connectivity index (χ1) is 7.38. The summed E-state index contributed by atoms with van der Waals surface area (Å²) in [5.41, 5.74) is 0. The van der Waals surface area contributed by atoms with Gasteiger partial charge in [0.25, 0.3) is 0 Å². The molecule has 1 atom stereocenters. The number of piperazine rings is 1. The monoisotopic (exact) mass is 210 g/mol. The molecule has 15 heavy (non-hydrogen) atoms. The molecule has 0 aromatic heterocycles. The largest absolute Gasteiger partial charge is 0.377 e. The highest BCUT2D eigenvalue weighted by Crippen LogP contribution is 2.14. The molecule has 3 nitrogen and oxygen atoms in total. The highest BCUT2D eigenvalue weighted by molar-refractivity contribution is 4.80. The van der Waals surface area contributed by atoms with E-state index < -0.39 is 0 Å². The predicted octanol–water partition coefficient (Wildman–Crippen LogP) is 0.969. The van der Waals surface area contributed by atoms with Crippen molar-refractivity contribution in [3.63, 3.8) is 0 Å². The van der Waals surface area contributed by atoms with Crippen molar-refractivity contribution in [1.29, 1.82) is 0 Å². The second-order valence-corrected chi connectivity index (χ2v) is 4.52. The van der Waals surface area contributed by atoms with Gasteiger partial charge in [-0.3, -0.25) is 9.80 Å². The number of hydrogen-bond acceptors (Lipinski definition) is 3. The second kappa shape index (κ2) is 5.64. The highest BCUT2D eigenvalue weighted by Gasteiger charge is 2.22. The topological polar surface area (TPSA) is 15.7 Å². The second-order valence-electron chi connectivity index (χ2n) is 4.52. The van der Waals surface area contributed by atoms with E-state index in [0.717, 1.165) is 19.7 Å². The van der Waals surface area contributed by atoms with Gasteiger partial charge in [0.1, 0.15) is 0 Å². The summed E-state index contributed by atoms with van der Waals surface area (Å²) in [5.74, 6) is 0. The first-order valence-corrected chi connectivity index (χ1v) is 6.05. The molecule has 2 aliphatic heterocycles. The van der Waals surface area contributed by atoms with Crippen molar-refractivity contribution in [2.75, 3.05) is 45.9 Å². The van der Waals surface area contributed by atoms with E-state index in [9.17, 15) is 0 Å². The third kappa shape index (κ3) is 3.30. The lowest BCUT2D eigenvalue weighted by atomic mass is 10.2. The summed E-state index contributed by atoms with van der Waals surface area (Å²) in [4.78, 5) is 4.99. The lowest BCUT2D eigenvalue weighted by Crippen LogP contribution is -2.48. The molecule has 0 saturated carbocycles. The smallest absolute Gasteiger partial charge is 0.0702 e. The van der Waals surface area contributed by atoms with Crippen LogP contribution in [0.1, 0.15) is 12.8 Å². The molecule has 0 aromatic carbocycles. The fourth-order valence-electron chi connectivity index (χ4n) is 2.41. The Morgan fingerprint density at radius 3 is 2.53 bits per heavy atom. The van der Waals surface area contributed by atoms with Crippen LogP contribution in [0.4, 0.5) is 0 Å². The Labute approximate surface area is 92.7 Å². The zero-order valence-corrected chi connectivity index (χ0v) is 9.53. The molecule has 0 aliphatic carbocycles. The third-order valence-corrected chi connectivity index (χ3v) is 3.34. The molecule has 0 aromatic rings. The van der Waals surface area contributed by atoms with Gasteiger partial charge >= 0.3 is 0 Å². The van der Waals surface area contributed by atoms with Gasteiger partial charge in [0, 0.05) is 45.9 Å². The summed E-state index contributed by atoms with van der Waals surface area (Å²) in [6.45, 7) is 11.7. The SMILES string of the molecule is C=CCN1CCN(CC2CCCO2)CC1. The van der Waals surface area contributed by atoms with E-state index in [0.29, 0.717) is 6.10 Å². The van der Waals surface area contributed by atoms with Crippen molar-refractivity contribution in [3.8, 4) is 0 Å². The molecule has 0 N–H and O–H groups in total. The molecule has 2 aliphatic rings. The first kappa shape index (κ1) is 11.1. The van der Waals surface area contributed by atoms with Crippen LogP contribution in [0, 0.1) is 0 Å². The van der Waals surface area contributed by atoms with Crippen LogP contribution >= 0.6 is 0 Å². The van der Waals surface area contributed by atoms with E-state index in [-0.39, 0.29) is 0 Å². The minimum absolute atomic E-state index is 0.510. The number of rotatable bonds is 4. The van der Waals surface area contributed by atoms with Crippen molar-refractivity contribution < 1.29 is 4.74 Å². The molecule has 2 rings (SSSR count). The van der Waals surface area contributed by atoms with E-state index in [1.54, 1.807) is 0 Å². The Morgan fingerprint density at radius 2 is 1.93 bits per heavy atom. The fraction of sp³-hybridized carbons (Fsp3) is 0.833. The van der Waals surface area contributed by atoms with Crippen molar-refractivity contribution in [2.24, 2.45) is 0 Å². The molecule has 0 amide bonds. The molecule has 0 bridgehead atoms. The van der Waals surface area contributed by atoms with Gasteiger partial charge in [-0.2, -0.15) is 0 Å². The zero-order valence-electron chi connectivity index (χ0n) is 9.53. The Hall–Kier alpha value is -0.380. The summed E-state index contributed by atoms with van der Waals surface area (Å²) in [5, 5.41) is 0. The highest BCUT2D eigenvalue weighted by atomic mass is 16.5. The Morgan fingerprint density at radius 1 is 1.20 bits per heavy atom. The first-order valence-electron chi connectivity index (χ1n) is 6.05. The summed E-state index contributed by atoms with van der Waals surface area (Å²) in [7, 11) is 0. The standard InChI is InChI=1S/C12H22N2O/c1-2-5-13-6-8-14(9-7-13)11-12-4-3-10-15-12/h2,12H,1,3-11H2. The van der Waals surface area contributed by atoms with Crippen LogP contribution in [0.3, 0.4) is 0 Å². The normalized spacial score (nSPS) is 29.5. The van der Waals surface area contributed by atoms with Gasteiger partial charge in [-0.1, -0.05) is 6.08 Å². The zero-order chi connectivity index (χ0) is 10.5. The molecule has 0 radical (unpaired) electrons. The van der Waals surface area contributed by atoms with Crippen LogP contribution in [0.25, 0.3) is 0 Å². The summed E-state index contributed by atoms with van der Waals surface area (Å²) in [6, 6.07) is 0. The minimum atomic E-state index is 0.510. The van der Waals surface area contributed by atoms with Gasteiger partial charge in [-0.05, 0) is 12.8 Å². The van der Waals surface area contributed by atoms with E-state index in [1.807, 2.05) is 6.08 Å². The van der Waals surface area contributed by atoms with Crippen molar-refractivity contribution >= 4 is 0 Å². The lowest BCUT2D eigenvalue weighted by molar-refractivity contribution is 0.0526. The molecule has 0 spiro atoms. The summed E-state index contributed by atoms with van der Waals surface area (Å²) >= 11 is 0. The maximum atomic E-state index is 5.66. The lowest BCUT2D eigenvalue weighted by Gasteiger charge is -2.35. The molecule has 3 heteroatoms. The number of hydrogen-bond donors (Lipinski definition) is 0. The van der Waals surface area contributed by atoms with Gasteiger partial charge in [-0.15, -0.1) is 6.58 Å². The van der Waals surface area contributed by atoms with Crippen LogP contribution in [-0.4, -0.2) is 61.8 Å². The molecule has 2 saturated heterocycles. The predicted molar refractivity (Wildman–Crippen MR) is 62.1 cm³/mol. The Kier molecular flexibility index (Phi) is 4.18. The minimum Gasteiger partial charge on any atom is -0.377 e. The third-order valence-electron chi connectivity index (χ3n) is 3.34. The molecular formula is C12H22N2O. The fourth-order valence-corrected chi connectivity index (χ4v) is 2.41. The van der Waals surface area contributed by atoms with E-state index in [1.165, 1.54) is 39.0 Å². The Balaban J connectivity index is 1.66.